The van der Waals surface area contributed by atoms with E-state index in [-0.39, 0.29) is 17.4 Å². The number of rotatable bonds is 5. The lowest BCUT2D eigenvalue weighted by Crippen LogP contribution is -2.15. The zero-order valence-corrected chi connectivity index (χ0v) is 8.78. The van der Waals surface area contributed by atoms with Crippen LogP contribution in [0, 0.1) is 0 Å². The van der Waals surface area contributed by atoms with Crippen molar-refractivity contribution in [2.75, 3.05) is 38.4 Å². The molecule has 0 aliphatic rings. The van der Waals surface area contributed by atoms with Crippen molar-refractivity contribution in [3.63, 3.8) is 0 Å². The zero-order valence-electron chi connectivity index (χ0n) is 8.78. The second-order valence-corrected chi connectivity index (χ2v) is 2.69. The minimum Gasteiger partial charge on any atom is -0.479 e. The lowest BCUT2D eigenvalue weighted by atomic mass is 10.5. The summed E-state index contributed by atoms with van der Waals surface area (Å²) in [6.45, 7) is 1.05. The van der Waals surface area contributed by atoms with Crippen LogP contribution in [0.1, 0.15) is 0 Å². The number of methoxy groups -OCH3 is 2. The van der Waals surface area contributed by atoms with Crippen molar-refractivity contribution < 1.29 is 9.47 Å². The molecule has 1 heterocycles. The molecule has 0 atom stereocenters. The third-order valence-electron chi connectivity index (χ3n) is 1.69. The highest BCUT2D eigenvalue weighted by Gasteiger charge is 2.12. The normalized spacial score (nSPS) is 9.80. The molecule has 0 spiro atoms. The largest absolute Gasteiger partial charge is 0.479 e. The van der Waals surface area contributed by atoms with Gasteiger partial charge in [-0.05, 0) is 0 Å². The van der Waals surface area contributed by atoms with Gasteiger partial charge in [0.1, 0.15) is 0 Å². The fourth-order valence-corrected chi connectivity index (χ4v) is 1.00. The minimum absolute atomic E-state index is 0.276. The van der Waals surface area contributed by atoms with Crippen molar-refractivity contribution in [3.8, 4) is 11.8 Å². The Bertz CT molecular complexity index is 306. The van der Waals surface area contributed by atoms with E-state index in [0.717, 1.165) is 0 Å². The lowest BCUT2D eigenvalue weighted by Gasteiger charge is -2.10. The van der Waals surface area contributed by atoms with Crippen LogP contribution in [-0.4, -0.2) is 37.3 Å². The Morgan fingerprint density at radius 1 is 1.20 bits per heavy atom. The summed E-state index contributed by atoms with van der Waals surface area (Å²) in [5, 5.41) is 2.91. The van der Waals surface area contributed by atoms with Gasteiger partial charge < -0.3 is 26.3 Å². The Kier molecular flexibility index (Phi) is 3.92. The Balaban J connectivity index is 2.98. The summed E-state index contributed by atoms with van der Waals surface area (Å²) in [5.41, 5.74) is 11.3. The van der Waals surface area contributed by atoms with Crippen LogP contribution in [0.2, 0.25) is 0 Å². The van der Waals surface area contributed by atoms with Gasteiger partial charge in [-0.25, -0.2) is 0 Å². The van der Waals surface area contributed by atoms with Crippen LogP contribution < -0.4 is 26.3 Å². The minimum atomic E-state index is 0.276. The van der Waals surface area contributed by atoms with E-state index in [0.29, 0.717) is 19.0 Å². The van der Waals surface area contributed by atoms with Gasteiger partial charge in [-0.15, -0.1) is 0 Å². The number of nitrogens with one attached hydrogen (secondary N) is 1. The SMILES string of the molecule is COc1nc(NCCN)nc(OC)c1N. The monoisotopic (exact) mass is 213 g/mol. The number of hydrogen-bond acceptors (Lipinski definition) is 7. The molecular weight excluding hydrogens is 198 g/mol. The topological polar surface area (TPSA) is 108 Å². The van der Waals surface area contributed by atoms with Crippen molar-refractivity contribution >= 4 is 11.6 Å². The molecule has 5 N–H and O–H groups in total. The second kappa shape index (κ2) is 5.20. The average molecular weight is 213 g/mol. The standard InChI is InChI=1S/C8H15N5O2/c1-14-6-5(10)7(15-2)13-8(12-6)11-4-3-9/h3-4,9-10H2,1-2H3,(H,11,12,13). The fourth-order valence-electron chi connectivity index (χ4n) is 1.00. The molecule has 0 fully saturated rings. The number of nitrogen functional groups attached to an aromatic ring is 1. The van der Waals surface area contributed by atoms with Crippen LogP contribution in [0.25, 0.3) is 0 Å². The Morgan fingerprint density at radius 2 is 1.73 bits per heavy atom. The molecule has 1 rings (SSSR count). The first-order chi connectivity index (χ1) is 7.22. The highest BCUT2D eigenvalue weighted by Crippen LogP contribution is 2.28. The van der Waals surface area contributed by atoms with E-state index in [1.165, 1.54) is 14.2 Å². The molecule has 7 nitrogen and oxygen atoms in total. The Labute approximate surface area is 87.8 Å². The maximum absolute atomic E-state index is 5.67. The quantitative estimate of drug-likeness (QED) is 0.602. The molecule has 0 bridgehead atoms. The molecule has 0 saturated carbocycles. The maximum atomic E-state index is 5.67. The van der Waals surface area contributed by atoms with Gasteiger partial charge in [0.2, 0.25) is 17.7 Å². The summed E-state index contributed by atoms with van der Waals surface area (Å²) >= 11 is 0. The summed E-state index contributed by atoms with van der Waals surface area (Å²) in [5.74, 6) is 0.936. The van der Waals surface area contributed by atoms with Crippen LogP contribution in [-0.2, 0) is 0 Å². The number of ether oxygens (including phenoxy) is 2. The van der Waals surface area contributed by atoms with E-state index in [1.807, 2.05) is 0 Å². The molecule has 0 amide bonds. The number of nitrogens with zero attached hydrogens (tertiary/aromatic N) is 2. The summed E-state index contributed by atoms with van der Waals surface area (Å²) < 4.78 is 9.96. The second-order valence-electron chi connectivity index (χ2n) is 2.69. The number of anilines is 2. The fraction of sp³-hybridized carbons (Fsp3) is 0.500. The summed E-state index contributed by atoms with van der Waals surface area (Å²) in [6, 6.07) is 0. The predicted octanol–water partition coefficient (Wildman–Crippen LogP) is -0.553. The van der Waals surface area contributed by atoms with Crippen LogP contribution in [0.5, 0.6) is 11.8 Å². The first-order valence-corrected chi connectivity index (χ1v) is 4.42. The molecule has 7 heteroatoms. The summed E-state index contributed by atoms with van der Waals surface area (Å²) in [4.78, 5) is 8.06. The molecule has 0 aliphatic heterocycles. The van der Waals surface area contributed by atoms with Crippen LogP contribution in [0.3, 0.4) is 0 Å². The highest BCUT2D eigenvalue weighted by molar-refractivity contribution is 5.58. The Hall–Kier alpha value is -1.76. The van der Waals surface area contributed by atoms with E-state index in [1.54, 1.807) is 0 Å². The van der Waals surface area contributed by atoms with Gasteiger partial charge in [0.15, 0.2) is 5.69 Å². The number of aromatic nitrogens is 2. The van der Waals surface area contributed by atoms with Gasteiger partial charge in [-0.2, -0.15) is 9.97 Å². The van der Waals surface area contributed by atoms with Gasteiger partial charge >= 0.3 is 0 Å². The van der Waals surface area contributed by atoms with Gasteiger partial charge in [-0.1, -0.05) is 0 Å². The summed E-state index contributed by atoms with van der Waals surface area (Å²) in [7, 11) is 2.95. The van der Waals surface area contributed by atoms with Crippen molar-refractivity contribution in [1.82, 2.24) is 9.97 Å². The third kappa shape index (κ3) is 2.59. The molecule has 1 aromatic heterocycles. The van der Waals surface area contributed by atoms with Gasteiger partial charge in [0.25, 0.3) is 0 Å². The molecule has 1 aromatic rings. The molecule has 0 unspecified atom stereocenters. The van der Waals surface area contributed by atoms with Gasteiger partial charge in [-0.3, -0.25) is 0 Å². The summed E-state index contributed by atoms with van der Waals surface area (Å²) in [6.07, 6.45) is 0. The van der Waals surface area contributed by atoms with E-state index in [2.05, 4.69) is 15.3 Å². The van der Waals surface area contributed by atoms with Crippen molar-refractivity contribution in [2.24, 2.45) is 5.73 Å². The average Bonchev–Trinajstić information content (AvgIpc) is 2.27. The molecule has 15 heavy (non-hydrogen) atoms. The number of nitrogens with two attached hydrogens (primary N) is 2. The van der Waals surface area contributed by atoms with Crippen LogP contribution in [0.4, 0.5) is 11.6 Å². The first kappa shape index (κ1) is 11.3. The van der Waals surface area contributed by atoms with Crippen LogP contribution >= 0.6 is 0 Å². The first-order valence-electron chi connectivity index (χ1n) is 4.42. The van der Waals surface area contributed by atoms with E-state index in [4.69, 9.17) is 20.9 Å². The van der Waals surface area contributed by atoms with Gasteiger partial charge in [0, 0.05) is 13.1 Å². The smallest absolute Gasteiger partial charge is 0.245 e. The molecule has 84 valence electrons. The van der Waals surface area contributed by atoms with Crippen LogP contribution in [0.15, 0.2) is 0 Å². The lowest BCUT2D eigenvalue weighted by molar-refractivity contribution is 0.377. The van der Waals surface area contributed by atoms with E-state index >= 15 is 0 Å². The van der Waals surface area contributed by atoms with Gasteiger partial charge in [0.05, 0.1) is 14.2 Å². The van der Waals surface area contributed by atoms with Crippen molar-refractivity contribution in [1.29, 1.82) is 0 Å². The van der Waals surface area contributed by atoms with Crippen molar-refractivity contribution in [2.45, 2.75) is 0 Å². The van der Waals surface area contributed by atoms with Crippen molar-refractivity contribution in [3.05, 3.63) is 0 Å². The maximum Gasteiger partial charge on any atom is 0.245 e. The highest BCUT2D eigenvalue weighted by atomic mass is 16.5. The molecular formula is C8H15N5O2. The molecule has 0 aromatic carbocycles. The Morgan fingerprint density at radius 3 is 2.13 bits per heavy atom. The van der Waals surface area contributed by atoms with E-state index in [9.17, 15) is 0 Å². The predicted molar refractivity (Wildman–Crippen MR) is 57.1 cm³/mol. The number of hydrogen-bond donors (Lipinski definition) is 3. The molecule has 0 radical (unpaired) electrons. The zero-order chi connectivity index (χ0) is 11.3. The third-order valence-corrected chi connectivity index (χ3v) is 1.69. The van der Waals surface area contributed by atoms with E-state index < -0.39 is 0 Å². The molecule has 0 saturated heterocycles. The molecule has 0 aliphatic carbocycles.